The van der Waals surface area contributed by atoms with Crippen molar-refractivity contribution in [2.45, 2.75) is 24.8 Å². The fraction of sp³-hybridized carbons (Fsp3) is 0.188. The van der Waals surface area contributed by atoms with Gasteiger partial charge in [-0.05, 0) is 62.2 Å². The van der Waals surface area contributed by atoms with E-state index in [4.69, 9.17) is 20.9 Å². The SMILES string of the molecule is CC(C)Oc1ccc(SNc2noc3cccc(Cl)c23)cc1. The molecular formula is C16H15ClN2O2S. The number of nitrogens with one attached hydrogen (secondary N) is 1. The molecule has 1 N–H and O–H groups in total. The minimum Gasteiger partial charge on any atom is -0.491 e. The van der Waals surface area contributed by atoms with Gasteiger partial charge in [0, 0.05) is 4.90 Å². The Morgan fingerprint density at radius 3 is 2.68 bits per heavy atom. The van der Waals surface area contributed by atoms with Gasteiger partial charge in [-0.25, -0.2) is 0 Å². The number of nitrogens with zero attached hydrogens (tertiary/aromatic N) is 1. The summed E-state index contributed by atoms with van der Waals surface area (Å²) in [6, 6.07) is 13.3. The van der Waals surface area contributed by atoms with Crippen LogP contribution in [0.4, 0.5) is 5.82 Å². The van der Waals surface area contributed by atoms with Crippen molar-refractivity contribution in [2.75, 3.05) is 4.72 Å². The summed E-state index contributed by atoms with van der Waals surface area (Å²) in [7, 11) is 0. The van der Waals surface area contributed by atoms with Gasteiger partial charge in [0.1, 0.15) is 5.75 Å². The quantitative estimate of drug-likeness (QED) is 0.634. The predicted octanol–water partition coefficient (Wildman–Crippen LogP) is 5.39. The first-order valence-corrected chi connectivity index (χ1v) is 8.06. The van der Waals surface area contributed by atoms with Gasteiger partial charge >= 0.3 is 0 Å². The summed E-state index contributed by atoms with van der Waals surface area (Å²) >= 11 is 7.63. The van der Waals surface area contributed by atoms with Crippen LogP contribution in [0.1, 0.15) is 13.8 Å². The van der Waals surface area contributed by atoms with Gasteiger partial charge in [0.15, 0.2) is 11.4 Å². The molecule has 0 amide bonds. The second kappa shape index (κ2) is 6.50. The molecule has 0 fully saturated rings. The average molecular weight is 335 g/mol. The lowest BCUT2D eigenvalue weighted by atomic mass is 10.2. The molecule has 114 valence electrons. The van der Waals surface area contributed by atoms with Crippen molar-refractivity contribution in [1.29, 1.82) is 0 Å². The molecule has 0 atom stereocenters. The molecule has 0 saturated carbocycles. The van der Waals surface area contributed by atoms with E-state index in [9.17, 15) is 0 Å². The standard InChI is InChI=1S/C16H15ClN2O2S/c1-10(2)20-11-6-8-12(9-7-11)22-19-16-15-13(17)4-3-5-14(15)21-18-16/h3-10H,1-2H3,(H,18,19). The summed E-state index contributed by atoms with van der Waals surface area (Å²) < 4.78 is 14.0. The molecule has 1 aromatic heterocycles. The molecule has 0 unspecified atom stereocenters. The number of rotatable bonds is 5. The van der Waals surface area contributed by atoms with Gasteiger partial charge in [0.25, 0.3) is 0 Å². The van der Waals surface area contributed by atoms with Crippen molar-refractivity contribution in [3.63, 3.8) is 0 Å². The van der Waals surface area contributed by atoms with Crippen LogP contribution in [-0.4, -0.2) is 11.3 Å². The fourth-order valence-corrected chi connectivity index (χ4v) is 2.87. The minimum absolute atomic E-state index is 0.167. The molecule has 6 heteroatoms. The van der Waals surface area contributed by atoms with Gasteiger partial charge in [-0.3, -0.25) is 0 Å². The predicted molar refractivity (Wildman–Crippen MR) is 90.7 cm³/mol. The molecule has 0 aliphatic carbocycles. The highest BCUT2D eigenvalue weighted by Crippen LogP contribution is 2.32. The van der Waals surface area contributed by atoms with Crippen molar-refractivity contribution in [1.82, 2.24) is 5.16 Å². The maximum Gasteiger partial charge on any atom is 0.189 e. The van der Waals surface area contributed by atoms with Gasteiger partial charge in [-0.2, -0.15) is 0 Å². The van der Waals surface area contributed by atoms with E-state index in [0.717, 1.165) is 16.0 Å². The van der Waals surface area contributed by atoms with Crippen LogP contribution in [0.2, 0.25) is 5.02 Å². The molecule has 4 nitrogen and oxygen atoms in total. The zero-order chi connectivity index (χ0) is 15.5. The van der Waals surface area contributed by atoms with Crippen molar-refractivity contribution in [2.24, 2.45) is 0 Å². The van der Waals surface area contributed by atoms with Crippen molar-refractivity contribution in [3.05, 3.63) is 47.5 Å². The Balaban J connectivity index is 1.71. The highest BCUT2D eigenvalue weighted by Gasteiger charge is 2.11. The lowest BCUT2D eigenvalue weighted by molar-refractivity contribution is 0.242. The van der Waals surface area contributed by atoms with E-state index < -0.39 is 0 Å². The van der Waals surface area contributed by atoms with Gasteiger partial charge in [-0.15, -0.1) is 0 Å². The molecule has 0 aliphatic rings. The molecule has 0 radical (unpaired) electrons. The topological polar surface area (TPSA) is 47.3 Å². The highest BCUT2D eigenvalue weighted by atomic mass is 35.5. The van der Waals surface area contributed by atoms with Crippen LogP contribution in [0.15, 0.2) is 51.9 Å². The van der Waals surface area contributed by atoms with Crippen molar-refractivity contribution in [3.8, 4) is 5.75 Å². The lowest BCUT2D eigenvalue weighted by Gasteiger charge is -2.10. The number of ether oxygens (including phenoxy) is 1. The Morgan fingerprint density at radius 2 is 1.95 bits per heavy atom. The maximum atomic E-state index is 6.19. The van der Waals surface area contributed by atoms with Gasteiger partial charge < -0.3 is 14.0 Å². The Labute approximate surface area is 137 Å². The van der Waals surface area contributed by atoms with Gasteiger partial charge in [0.2, 0.25) is 0 Å². The first-order chi connectivity index (χ1) is 10.6. The first kappa shape index (κ1) is 15.1. The van der Waals surface area contributed by atoms with Crippen LogP contribution in [-0.2, 0) is 0 Å². The van der Waals surface area contributed by atoms with Crippen LogP contribution >= 0.6 is 23.5 Å². The molecule has 0 spiro atoms. The van der Waals surface area contributed by atoms with Crippen molar-refractivity contribution < 1.29 is 9.26 Å². The van der Waals surface area contributed by atoms with Gasteiger partial charge in [-0.1, -0.05) is 22.8 Å². The highest BCUT2D eigenvalue weighted by molar-refractivity contribution is 8.00. The van der Waals surface area contributed by atoms with E-state index in [2.05, 4.69) is 9.88 Å². The molecule has 2 aromatic carbocycles. The molecule has 0 aliphatic heterocycles. The summed E-state index contributed by atoms with van der Waals surface area (Å²) in [4.78, 5) is 1.04. The third-order valence-corrected chi connectivity index (χ3v) is 4.03. The smallest absolute Gasteiger partial charge is 0.189 e. The second-order valence-corrected chi connectivity index (χ2v) is 6.27. The number of halogens is 1. The van der Waals surface area contributed by atoms with Crippen LogP contribution < -0.4 is 9.46 Å². The number of anilines is 1. The normalized spacial score (nSPS) is 11.1. The first-order valence-electron chi connectivity index (χ1n) is 6.87. The van der Waals surface area contributed by atoms with E-state index in [1.165, 1.54) is 11.9 Å². The molecular weight excluding hydrogens is 320 g/mol. The monoisotopic (exact) mass is 334 g/mol. The Kier molecular flexibility index (Phi) is 4.45. The largest absolute Gasteiger partial charge is 0.491 e. The zero-order valence-corrected chi connectivity index (χ0v) is 13.7. The van der Waals surface area contributed by atoms with E-state index >= 15 is 0 Å². The molecule has 22 heavy (non-hydrogen) atoms. The van der Waals surface area contributed by atoms with Crippen LogP contribution in [0, 0.1) is 0 Å². The number of benzene rings is 2. The van der Waals surface area contributed by atoms with Crippen LogP contribution in [0.3, 0.4) is 0 Å². The van der Waals surface area contributed by atoms with Crippen LogP contribution in [0.5, 0.6) is 5.75 Å². The Hall–Kier alpha value is -1.85. The van der Waals surface area contributed by atoms with E-state index in [1.54, 1.807) is 0 Å². The van der Waals surface area contributed by atoms with E-state index in [-0.39, 0.29) is 6.10 Å². The number of fused-ring (bicyclic) bond motifs is 1. The Bertz CT molecular complexity index is 771. The molecule has 1 heterocycles. The minimum atomic E-state index is 0.167. The summed E-state index contributed by atoms with van der Waals surface area (Å²) in [5.74, 6) is 1.47. The number of aromatic nitrogens is 1. The average Bonchev–Trinajstić information content (AvgIpc) is 2.91. The molecule has 0 saturated heterocycles. The summed E-state index contributed by atoms with van der Waals surface area (Å²) in [6.45, 7) is 4.01. The maximum absolute atomic E-state index is 6.19. The molecule has 3 rings (SSSR count). The van der Waals surface area contributed by atoms with Crippen molar-refractivity contribution >= 4 is 40.3 Å². The van der Waals surface area contributed by atoms with E-state index in [1.807, 2.05) is 56.3 Å². The second-order valence-electron chi connectivity index (χ2n) is 4.99. The Morgan fingerprint density at radius 1 is 1.18 bits per heavy atom. The number of hydrogen-bond acceptors (Lipinski definition) is 5. The summed E-state index contributed by atoms with van der Waals surface area (Å²) in [5, 5.41) is 5.41. The third kappa shape index (κ3) is 3.31. The molecule has 0 bridgehead atoms. The summed E-state index contributed by atoms with van der Waals surface area (Å²) in [5.41, 5.74) is 0.663. The zero-order valence-electron chi connectivity index (χ0n) is 12.2. The summed E-state index contributed by atoms with van der Waals surface area (Å²) in [6.07, 6.45) is 0.167. The van der Waals surface area contributed by atoms with E-state index in [0.29, 0.717) is 16.4 Å². The lowest BCUT2D eigenvalue weighted by Crippen LogP contribution is -2.05. The van der Waals surface area contributed by atoms with Crippen LogP contribution in [0.25, 0.3) is 11.0 Å². The number of hydrogen-bond donors (Lipinski definition) is 1. The van der Waals surface area contributed by atoms with Gasteiger partial charge in [0.05, 0.1) is 16.5 Å². The fourth-order valence-electron chi connectivity index (χ4n) is 1.99. The third-order valence-electron chi connectivity index (χ3n) is 2.91. The molecule has 3 aromatic rings.